The summed E-state index contributed by atoms with van der Waals surface area (Å²) in [6.07, 6.45) is 4.74. The summed E-state index contributed by atoms with van der Waals surface area (Å²) in [4.78, 5) is 31.9. The standard InChI is InChI=1S/C30H47N5O4S2Si2/c1-16(2)42(17(3)4)39-43(18(5)6,19(7)8)38-15-21-13-22(27(37)26(21)36)33-28-25(20(9)32-30(35-28)40-10)29-34-23-14-31-12-11-24(23)41-29/h11-12,14,16-19,21-22,26,36,42H,13,15H2,1-10H3,(H,32,33,35)/t21-,22-,26-/m1/s1. The molecular formula is C30H47N5O4S2Si2. The number of thiazole rings is 1. The number of pyridine rings is 1. The molecule has 1 fully saturated rings. The number of aromatic nitrogens is 4. The van der Waals surface area contributed by atoms with E-state index in [1.807, 2.05) is 19.2 Å². The van der Waals surface area contributed by atoms with Crippen molar-refractivity contribution in [1.82, 2.24) is 19.9 Å². The van der Waals surface area contributed by atoms with Gasteiger partial charge in [-0.15, -0.1) is 11.3 Å². The third kappa shape index (κ3) is 7.23. The van der Waals surface area contributed by atoms with Crippen molar-refractivity contribution in [3.8, 4) is 10.6 Å². The van der Waals surface area contributed by atoms with E-state index in [1.54, 1.807) is 12.4 Å². The lowest BCUT2D eigenvalue weighted by atomic mass is 10.1. The van der Waals surface area contributed by atoms with Gasteiger partial charge in [-0.05, 0) is 47.8 Å². The van der Waals surface area contributed by atoms with Gasteiger partial charge in [0.25, 0.3) is 0 Å². The van der Waals surface area contributed by atoms with Crippen molar-refractivity contribution in [3.05, 3.63) is 24.2 Å². The van der Waals surface area contributed by atoms with Crippen molar-refractivity contribution in [1.29, 1.82) is 0 Å². The molecule has 3 aromatic heterocycles. The number of carbonyl (C=O) groups is 1. The molecule has 13 heteroatoms. The fraction of sp³-hybridized carbons (Fsp3) is 0.633. The van der Waals surface area contributed by atoms with E-state index in [0.717, 1.165) is 26.5 Å². The third-order valence-electron chi connectivity index (χ3n) is 8.35. The summed E-state index contributed by atoms with van der Waals surface area (Å²) in [6, 6.07) is 1.33. The molecule has 0 bridgehead atoms. The SMILES string of the molecule is CSc1nc(C)c(-c2nc3cnccc3s2)c(N[C@@H]2C[C@H](CO[Si](O[SiH](C(C)C)C(C)C)(C(C)C)C(C)C)[C@@H](O)C2=O)n1. The summed E-state index contributed by atoms with van der Waals surface area (Å²) in [5, 5.41) is 15.9. The van der Waals surface area contributed by atoms with Gasteiger partial charge >= 0.3 is 8.56 Å². The van der Waals surface area contributed by atoms with Crippen LogP contribution in [0, 0.1) is 12.8 Å². The second-order valence-electron chi connectivity index (χ2n) is 12.8. The van der Waals surface area contributed by atoms with Crippen LogP contribution < -0.4 is 5.32 Å². The molecule has 1 aliphatic carbocycles. The number of nitrogens with zero attached hydrogens (tertiary/aromatic N) is 4. The van der Waals surface area contributed by atoms with Gasteiger partial charge in [0.1, 0.15) is 22.4 Å². The number of hydrogen-bond acceptors (Lipinski definition) is 11. The lowest BCUT2D eigenvalue weighted by molar-refractivity contribution is -0.126. The highest BCUT2D eigenvalue weighted by molar-refractivity contribution is 7.98. The van der Waals surface area contributed by atoms with E-state index < -0.39 is 29.7 Å². The van der Waals surface area contributed by atoms with E-state index in [4.69, 9.17) is 18.5 Å². The maximum Gasteiger partial charge on any atom is 0.333 e. The van der Waals surface area contributed by atoms with Crippen LogP contribution in [0.25, 0.3) is 20.8 Å². The first kappa shape index (κ1) is 34.1. The van der Waals surface area contributed by atoms with E-state index >= 15 is 0 Å². The lowest BCUT2D eigenvalue weighted by Crippen LogP contribution is -2.54. The zero-order valence-electron chi connectivity index (χ0n) is 27.0. The number of aliphatic hydroxyl groups excluding tert-OH is 1. The first-order valence-corrected chi connectivity index (χ1v) is 21.0. The molecule has 1 saturated carbocycles. The highest BCUT2D eigenvalue weighted by Crippen LogP contribution is 2.41. The topological polar surface area (TPSA) is 119 Å². The number of hydrogen-bond donors (Lipinski definition) is 2. The summed E-state index contributed by atoms with van der Waals surface area (Å²) >= 11 is 2.98. The normalized spacial score (nSPS) is 19.7. The Morgan fingerprint density at radius 2 is 1.79 bits per heavy atom. The Bertz CT molecular complexity index is 1370. The van der Waals surface area contributed by atoms with Gasteiger partial charge < -0.3 is 19.0 Å². The van der Waals surface area contributed by atoms with Crippen molar-refractivity contribution < 1.29 is 18.4 Å². The maximum atomic E-state index is 13.4. The molecule has 3 aromatic rings. The van der Waals surface area contributed by atoms with Crippen LogP contribution in [0.2, 0.25) is 22.2 Å². The molecule has 0 aliphatic heterocycles. The number of anilines is 1. The zero-order chi connectivity index (χ0) is 31.6. The molecule has 0 spiro atoms. The van der Waals surface area contributed by atoms with Gasteiger partial charge in [0.2, 0.25) is 0 Å². The summed E-state index contributed by atoms with van der Waals surface area (Å²) in [5.74, 6) is -0.0277. The van der Waals surface area contributed by atoms with Crippen LogP contribution in [-0.2, 0) is 13.3 Å². The van der Waals surface area contributed by atoms with Gasteiger partial charge in [-0.1, -0.05) is 67.2 Å². The van der Waals surface area contributed by atoms with Crippen molar-refractivity contribution in [3.63, 3.8) is 0 Å². The smallest absolute Gasteiger partial charge is 0.333 e. The minimum atomic E-state index is -2.66. The minimum absolute atomic E-state index is 0.240. The Labute approximate surface area is 267 Å². The van der Waals surface area contributed by atoms with Crippen LogP contribution in [0.1, 0.15) is 67.5 Å². The van der Waals surface area contributed by atoms with Gasteiger partial charge in [-0.2, -0.15) is 0 Å². The summed E-state index contributed by atoms with van der Waals surface area (Å²) in [7, 11) is -4.22. The molecule has 236 valence electrons. The maximum absolute atomic E-state index is 13.4. The number of thioether (sulfide) groups is 1. The van der Waals surface area contributed by atoms with E-state index in [1.165, 1.54) is 23.1 Å². The van der Waals surface area contributed by atoms with Crippen molar-refractivity contribution in [2.24, 2.45) is 5.92 Å². The highest BCUT2D eigenvalue weighted by Gasteiger charge is 2.50. The fourth-order valence-corrected chi connectivity index (χ4v) is 17.9. The van der Waals surface area contributed by atoms with Gasteiger partial charge in [0.15, 0.2) is 20.0 Å². The van der Waals surface area contributed by atoms with Crippen molar-refractivity contribution in [2.75, 3.05) is 18.2 Å². The molecule has 0 amide bonds. The molecule has 1 aliphatic rings. The first-order valence-electron chi connectivity index (χ1n) is 15.2. The highest BCUT2D eigenvalue weighted by atomic mass is 32.2. The first-order chi connectivity index (χ1) is 20.3. The van der Waals surface area contributed by atoms with E-state index in [9.17, 15) is 9.90 Å². The predicted octanol–water partition coefficient (Wildman–Crippen LogP) is 6.75. The number of aliphatic hydroxyl groups is 1. The van der Waals surface area contributed by atoms with E-state index in [2.05, 4.69) is 70.7 Å². The Morgan fingerprint density at radius 3 is 2.37 bits per heavy atom. The zero-order valence-corrected chi connectivity index (χ0v) is 30.8. The number of aryl methyl sites for hydroxylation is 1. The minimum Gasteiger partial charge on any atom is -0.437 e. The molecule has 3 atom stereocenters. The Hall–Kier alpha value is -1.75. The van der Waals surface area contributed by atoms with Crippen molar-refractivity contribution >= 4 is 62.5 Å². The average Bonchev–Trinajstić information content (AvgIpc) is 3.48. The number of ketones is 1. The fourth-order valence-electron chi connectivity index (χ4n) is 6.12. The lowest BCUT2D eigenvalue weighted by Gasteiger charge is -2.43. The number of fused-ring (bicyclic) bond motifs is 1. The predicted molar refractivity (Wildman–Crippen MR) is 182 cm³/mol. The second-order valence-corrected chi connectivity index (χ2v) is 23.2. The number of Topliss-reactive ketones (excluding diaryl/α,β-unsaturated/α-hetero) is 1. The molecule has 0 aromatic carbocycles. The molecule has 0 saturated heterocycles. The van der Waals surface area contributed by atoms with Crippen LogP contribution in [0.3, 0.4) is 0 Å². The molecular weight excluding hydrogens is 615 g/mol. The largest absolute Gasteiger partial charge is 0.437 e. The van der Waals surface area contributed by atoms with E-state index in [-0.39, 0.29) is 22.8 Å². The van der Waals surface area contributed by atoms with Crippen molar-refractivity contribution in [2.45, 2.75) is 108 Å². The van der Waals surface area contributed by atoms with Crippen LogP contribution in [-0.4, -0.2) is 73.4 Å². The molecule has 3 heterocycles. The summed E-state index contributed by atoms with van der Waals surface area (Å²) in [5.41, 5.74) is 3.80. The van der Waals surface area contributed by atoms with Crippen LogP contribution in [0.15, 0.2) is 23.6 Å². The monoisotopic (exact) mass is 661 g/mol. The molecule has 0 unspecified atom stereocenters. The quantitative estimate of drug-likeness (QED) is 0.116. The molecule has 2 N–H and O–H groups in total. The Balaban J connectivity index is 1.59. The molecule has 9 nitrogen and oxygen atoms in total. The molecule has 4 rings (SSSR count). The van der Waals surface area contributed by atoms with Gasteiger partial charge in [0, 0.05) is 18.7 Å². The van der Waals surface area contributed by atoms with E-state index in [0.29, 0.717) is 35.1 Å². The number of nitrogens with one attached hydrogen (secondary N) is 1. The third-order valence-corrected chi connectivity index (χ3v) is 19.0. The van der Waals surface area contributed by atoms with Gasteiger partial charge in [0.05, 0.1) is 28.2 Å². The summed E-state index contributed by atoms with van der Waals surface area (Å²) in [6.45, 7) is 20.0. The Kier molecular flexibility index (Phi) is 11.2. The number of rotatable bonds is 13. The second kappa shape index (κ2) is 14.1. The summed E-state index contributed by atoms with van der Waals surface area (Å²) < 4.78 is 14.9. The Morgan fingerprint density at radius 1 is 1.12 bits per heavy atom. The molecule has 43 heavy (non-hydrogen) atoms. The van der Waals surface area contributed by atoms with Crippen LogP contribution in [0.5, 0.6) is 0 Å². The van der Waals surface area contributed by atoms with Gasteiger partial charge in [-0.25, -0.2) is 15.0 Å². The number of carbonyl (C=O) groups excluding carboxylic acids is 1. The van der Waals surface area contributed by atoms with Crippen LogP contribution in [0.4, 0.5) is 5.82 Å². The molecule has 0 radical (unpaired) electrons. The average molecular weight is 662 g/mol. The van der Waals surface area contributed by atoms with Gasteiger partial charge in [-0.3, -0.25) is 9.78 Å². The van der Waals surface area contributed by atoms with Crippen LogP contribution >= 0.6 is 23.1 Å².